The number of hydrogen-bond acceptors (Lipinski definition) is 4. The van der Waals surface area contributed by atoms with Crippen LogP contribution in [0, 0.1) is 13.8 Å². The van der Waals surface area contributed by atoms with Crippen molar-refractivity contribution in [3.8, 4) is 0 Å². The minimum Gasteiger partial charge on any atom is -0.326 e. The Balaban J connectivity index is 1.84. The number of benzene rings is 2. The summed E-state index contributed by atoms with van der Waals surface area (Å²) in [4.78, 5) is 25.3. The van der Waals surface area contributed by atoms with Gasteiger partial charge in [0.2, 0.25) is 15.9 Å². The molecule has 9 heteroatoms. The Kier molecular flexibility index (Phi) is 6.14. The molecular weight excluding hydrogens is 404 g/mol. The van der Waals surface area contributed by atoms with Gasteiger partial charge in [-0.05, 0) is 55.7 Å². The van der Waals surface area contributed by atoms with Gasteiger partial charge >= 0.3 is 5.69 Å². The van der Waals surface area contributed by atoms with E-state index in [-0.39, 0.29) is 29.5 Å². The summed E-state index contributed by atoms with van der Waals surface area (Å²) in [5.74, 6) is -0.316. The van der Waals surface area contributed by atoms with Gasteiger partial charge in [0.25, 0.3) is 0 Å². The fourth-order valence-corrected chi connectivity index (χ4v) is 4.10. The number of carbonyl (C=O) groups excluding carboxylic acids is 1. The standard InChI is InChI=1S/C21H26N4O4S/c1-4-10-24-18-7-5-6-8-19(18)25(21(24)27)11-9-20(26)23-17-13-16(30(22,28)29)12-14(2)15(17)3/h5-8,12-13H,4,9-11H2,1-3H3,(H,23,26)(H2,22,28,29). The lowest BCUT2D eigenvalue weighted by atomic mass is 10.1. The average Bonchev–Trinajstić information content (AvgIpc) is 2.94. The molecule has 0 saturated carbocycles. The molecule has 160 valence electrons. The van der Waals surface area contributed by atoms with Crippen LogP contribution in [-0.4, -0.2) is 23.5 Å². The first-order valence-corrected chi connectivity index (χ1v) is 11.3. The predicted molar refractivity (Wildman–Crippen MR) is 117 cm³/mol. The van der Waals surface area contributed by atoms with Crippen LogP contribution in [-0.2, 0) is 27.9 Å². The first-order chi connectivity index (χ1) is 14.1. The number of hydrogen-bond donors (Lipinski definition) is 2. The molecule has 3 N–H and O–H groups in total. The average molecular weight is 431 g/mol. The van der Waals surface area contributed by atoms with Crippen LogP contribution in [0.5, 0.6) is 0 Å². The van der Waals surface area contributed by atoms with Crippen molar-refractivity contribution in [1.29, 1.82) is 0 Å². The molecule has 0 aliphatic rings. The van der Waals surface area contributed by atoms with Crippen LogP contribution in [0.25, 0.3) is 11.0 Å². The Hall–Kier alpha value is -2.91. The van der Waals surface area contributed by atoms with Crippen LogP contribution in [0.15, 0.2) is 46.1 Å². The van der Waals surface area contributed by atoms with E-state index in [2.05, 4.69) is 5.32 Å². The largest absolute Gasteiger partial charge is 0.329 e. The van der Waals surface area contributed by atoms with Gasteiger partial charge < -0.3 is 5.32 Å². The number of nitrogens with two attached hydrogens (primary N) is 1. The summed E-state index contributed by atoms with van der Waals surface area (Å²) in [6.45, 7) is 6.38. The number of fused-ring (bicyclic) bond motifs is 1. The van der Waals surface area contributed by atoms with Gasteiger partial charge in [-0.15, -0.1) is 0 Å². The number of rotatable bonds is 7. The Labute approximate surface area is 175 Å². The Morgan fingerprint density at radius 1 is 1.07 bits per heavy atom. The van der Waals surface area contributed by atoms with E-state index in [4.69, 9.17) is 5.14 Å². The number of para-hydroxylation sites is 2. The smallest absolute Gasteiger partial charge is 0.326 e. The second-order valence-corrected chi connectivity index (χ2v) is 8.89. The number of amides is 1. The van der Waals surface area contributed by atoms with E-state index in [1.165, 1.54) is 12.1 Å². The van der Waals surface area contributed by atoms with Crippen LogP contribution in [0.2, 0.25) is 0 Å². The molecule has 3 rings (SSSR count). The molecule has 1 amide bonds. The van der Waals surface area contributed by atoms with E-state index >= 15 is 0 Å². The number of anilines is 1. The Morgan fingerprint density at radius 2 is 1.67 bits per heavy atom. The third-order valence-corrected chi connectivity index (χ3v) is 6.07. The first-order valence-electron chi connectivity index (χ1n) is 9.75. The van der Waals surface area contributed by atoms with Crippen molar-refractivity contribution >= 4 is 32.7 Å². The van der Waals surface area contributed by atoms with Gasteiger partial charge in [-0.1, -0.05) is 19.1 Å². The van der Waals surface area contributed by atoms with Gasteiger partial charge in [-0.25, -0.2) is 18.4 Å². The van der Waals surface area contributed by atoms with Crippen LogP contribution in [0.3, 0.4) is 0 Å². The molecular formula is C21H26N4O4S. The van der Waals surface area contributed by atoms with Crippen LogP contribution in [0.4, 0.5) is 5.69 Å². The van der Waals surface area contributed by atoms with Gasteiger partial charge in [-0.2, -0.15) is 0 Å². The van der Waals surface area contributed by atoms with Crippen molar-refractivity contribution < 1.29 is 13.2 Å². The fourth-order valence-electron chi connectivity index (χ4n) is 3.47. The second-order valence-electron chi connectivity index (χ2n) is 7.33. The molecule has 1 aromatic heterocycles. The number of aromatic nitrogens is 2. The number of primary sulfonamides is 1. The number of carbonyl (C=O) groups is 1. The van der Waals surface area contributed by atoms with Crippen molar-refractivity contribution in [3.63, 3.8) is 0 Å². The molecule has 2 aromatic carbocycles. The molecule has 0 saturated heterocycles. The molecule has 0 atom stereocenters. The van der Waals surface area contributed by atoms with Crippen LogP contribution >= 0.6 is 0 Å². The van der Waals surface area contributed by atoms with Crippen molar-refractivity contribution in [2.75, 3.05) is 5.32 Å². The number of nitrogens with one attached hydrogen (secondary N) is 1. The Morgan fingerprint density at radius 3 is 2.23 bits per heavy atom. The van der Waals surface area contributed by atoms with E-state index < -0.39 is 10.0 Å². The van der Waals surface area contributed by atoms with Crippen LogP contribution < -0.4 is 16.1 Å². The third-order valence-electron chi connectivity index (χ3n) is 5.18. The lowest BCUT2D eigenvalue weighted by Gasteiger charge is -2.13. The summed E-state index contributed by atoms with van der Waals surface area (Å²) >= 11 is 0. The summed E-state index contributed by atoms with van der Waals surface area (Å²) < 4.78 is 26.7. The van der Waals surface area contributed by atoms with Crippen molar-refractivity contribution in [3.05, 3.63) is 58.0 Å². The zero-order chi connectivity index (χ0) is 22.1. The second kappa shape index (κ2) is 8.45. The number of imidazole rings is 1. The SMILES string of the molecule is CCCn1c(=O)n(CCC(=O)Nc2cc(S(N)(=O)=O)cc(C)c2C)c2ccccc21. The molecule has 0 fully saturated rings. The van der Waals surface area contributed by atoms with Gasteiger partial charge in [0, 0.05) is 25.2 Å². The highest BCUT2D eigenvalue weighted by molar-refractivity contribution is 7.89. The Bertz CT molecular complexity index is 1270. The molecule has 0 spiro atoms. The normalized spacial score (nSPS) is 11.7. The van der Waals surface area contributed by atoms with Gasteiger partial charge in [0.05, 0.1) is 15.9 Å². The monoisotopic (exact) mass is 430 g/mol. The van der Waals surface area contributed by atoms with Crippen molar-refractivity contribution in [2.45, 2.75) is 51.6 Å². The molecule has 0 radical (unpaired) electrons. The van der Waals surface area contributed by atoms with Gasteiger partial charge in [0.15, 0.2) is 0 Å². The molecule has 1 heterocycles. The van der Waals surface area contributed by atoms with E-state index in [1.807, 2.05) is 31.2 Å². The molecule has 0 aliphatic carbocycles. The zero-order valence-electron chi connectivity index (χ0n) is 17.3. The topological polar surface area (TPSA) is 116 Å². The first kappa shape index (κ1) is 21.8. The number of aryl methyl sites for hydroxylation is 3. The summed E-state index contributed by atoms with van der Waals surface area (Å²) in [6.07, 6.45) is 0.894. The molecule has 0 bridgehead atoms. The maximum absolute atomic E-state index is 12.8. The number of sulfonamides is 1. The van der Waals surface area contributed by atoms with Crippen LogP contribution in [0.1, 0.15) is 30.9 Å². The van der Waals surface area contributed by atoms with Gasteiger partial charge in [-0.3, -0.25) is 13.9 Å². The minimum atomic E-state index is -3.89. The summed E-state index contributed by atoms with van der Waals surface area (Å²) in [5.41, 5.74) is 3.34. The molecule has 3 aromatic rings. The summed E-state index contributed by atoms with van der Waals surface area (Å²) in [5, 5.41) is 7.98. The lowest BCUT2D eigenvalue weighted by Crippen LogP contribution is -2.26. The quantitative estimate of drug-likeness (QED) is 0.599. The van der Waals surface area contributed by atoms with E-state index in [0.717, 1.165) is 23.0 Å². The van der Waals surface area contributed by atoms with E-state index in [9.17, 15) is 18.0 Å². The minimum absolute atomic E-state index is 0.0558. The highest BCUT2D eigenvalue weighted by atomic mass is 32.2. The van der Waals surface area contributed by atoms with E-state index in [1.54, 1.807) is 23.0 Å². The predicted octanol–water partition coefficient (Wildman–Crippen LogP) is 2.51. The van der Waals surface area contributed by atoms with E-state index in [0.29, 0.717) is 17.8 Å². The maximum Gasteiger partial charge on any atom is 0.329 e. The molecule has 0 aliphatic heterocycles. The van der Waals surface area contributed by atoms with Gasteiger partial charge in [0.1, 0.15) is 0 Å². The molecule has 30 heavy (non-hydrogen) atoms. The summed E-state index contributed by atoms with van der Waals surface area (Å²) in [6, 6.07) is 10.3. The zero-order valence-corrected chi connectivity index (χ0v) is 18.1. The van der Waals surface area contributed by atoms with Crippen molar-refractivity contribution in [1.82, 2.24) is 9.13 Å². The summed E-state index contributed by atoms with van der Waals surface area (Å²) in [7, 11) is -3.89. The van der Waals surface area contributed by atoms with Crippen molar-refractivity contribution in [2.24, 2.45) is 5.14 Å². The maximum atomic E-state index is 12.8. The molecule has 8 nitrogen and oxygen atoms in total. The lowest BCUT2D eigenvalue weighted by molar-refractivity contribution is -0.116. The third kappa shape index (κ3) is 4.31. The fraction of sp³-hybridized carbons (Fsp3) is 0.333. The number of nitrogens with zero attached hydrogens (tertiary/aromatic N) is 2. The molecule has 0 unspecified atom stereocenters. The highest BCUT2D eigenvalue weighted by Gasteiger charge is 2.16. The highest BCUT2D eigenvalue weighted by Crippen LogP contribution is 2.24.